The van der Waals surface area contributed by atoms with Crippen molar-refractivity contribution in [2.75, 3.05) is 13.2 Å². The van der Waals surface area contributed by atoms with E-state index in [1.807, 2.05) is 0 Å². The lowest BCUT2D eigenvalue weighted by molar-refractivity contribution is -0.140. The molecule has 0 saturated carbocycles. The Morgan fingerprint density at radius 1 is 1.43 bits per heavy atom. The lowest BCUT2D eigenvalue weighted by atomic mass is 9.99. The van der Waals surface area contributed by atoms with Crippen LogP contribution in [0.1, 0.15) is 30.9 Å². The Kier molecular flexibility index (Phi) is 4.55. The van der Waals surface area contributed by atoms with Crippen molar-refractivity contribution in [1.29, 1.82) is 0 Å². The first-order valence-electron chi connectivity index (χ1n) is 6.55. The highest BCUT2D eigenvalue weighted by Gasteiger charge is 2.31. The van der Waals surface area contributed by atoms with Crippen LogP contribution in [0.2, 0.25) is 0 Å². The Bertz CT molecular complexity index is 562. The van der Waals surface area contributed by atoms with Crippen LogP contribution in [0, 0.1) is 0 Å². The van der Waals surface area contributed by atoms with Gasteiger partial charge in [-0.2, -0.15) is 13.2 Å². The van der Waals surface area contributed by atoms with Crippen molar-refractivity contribution in [3.8, 4) is 5.75 Å². The average molecular weight is 300 g/mol. The Balaban J connectivity index is 2.31. The van der Waals surface area contributed by atoms with Crippen LogP contribution < -0.4 is 4.74 Å². The van der Waals surface area contributed by atoms with E-state index < -0.39 is 17.7 Å². The number of carbonyl (C=O) groups excluding carboxylic acids is 1. The number of esters is 1. The minimum atomic E-state index is -4.40. The van der Waals surface area contributed by atoms with E-state index in [0.717, 1.165) is 17.7 Å². The van der Waals surface area contributed by atoms with Crippen molar-refractivity contribution < 1.29 is 27.4 Å². The molecule has 1 aromatic carbocycles. The molecule has 21 heavy (non-hydrogen) atoms. The minimum absolute atomic E-state index is 0.102. The van der Waals surface area contributed by atoms with E-state index in [1.165, 1.54) is 13.0 Å². The molecule has 0 bridgehead atoms. The van der Waals surface area contributed by atoms with Crippen LogP contribution in [0.15, 0.2) is 24.3 Å². The van der Waals surface area contributed by atoms with E-state index in [2.05, 4.69) is 0 Å². The van der Waals surface area contributed by atoms with Crippen molar-refractivity contribution in [2.45, 2.75) is 25.9 Å². The lowest BCUT2D eigenvalue weighted by Crippen LogP contribution is -2.06. The molecule has 0 N–H and O–H groups in total. The van der Waals surface area contributed by atoms with Gasteiger partial charge in [0.15, 0.2) is 0 Å². The molecule has 0 aromatic heterocycles. The van der Waals surface area contributed by atoms with Crippen LogP contribution in [0.3, 0.4) is 0 Å². The van der Waals surface area contributed by atoms with Crippen molar-refractivity contribution >= 4 is 11.5 Å². The summed E-state index contributed by atoms with van der Waals surface area (Å²) >= 11 is 0. The van der Waals surface area contributed by atoms with Crippen LogP contribution in [-0.2, 0) is 15.7 Å². The number of fused-ring (bicyclic) bond motifs is 1. The highest BCUT2D eigenvalue weighted by atomic mass is 19.4. The molecule has 1 aromatic rings. The van der Waals surface area contributed by atoms with Crippen LogP contribution in [0.5, 0.6) is 5.75 Å². The fourth-order valence-electron chi connectivity index (χ4n) is 2.13. The molecular weight excluding hydrogens is 285 g/mol. The van der Waals surface area contributed by atoms with E-state index in [0.29, 0.717) is 25.0 Å². The van der Waals surface area contributed by atoms with Gasteiger partial charge in [0.25, 0.3) is 0 Å². The van der Waals surface area contributed by atoms with Crippen LogP contribution >= 0.6 is 0 Å². The number of halogens is 3. The van der Waals surface area contributed by atoms with E-state index in [1.54, 1.807) is 6.08 Å². The van der Waals surface area contributed by atoms with Gasteiger partial charge < -0.3 is 9.47 Å². The maximum Gasteiger partial charge on any atom is 0.416 e. The van der Waals surface area contributed by atoms with Crippen LogP contribution in [0.25, 0.3) is 5.57 Å². The predicted octanol–water partition coefficient (Wildman–Crippen LogP) is 3.82. The lowest BCUT2D eigenvalue weighted by Gasteiger charge is -2.13. The highest BCUT2D eigenvalue weighted by molar-refractivity contribution is 5.72. The smallest absolute Gasteiger partial charge is 0.416 e. The second-order valence-corrected chi connectivity index (χ2v) is 4.69. The number of benzene rings is 1. The molecule has 0 radical (unpaired) electrons. The number of rotatable bonds is 2. The van der Waals surface area contributed by atoms with E-state index in [9.17, 15) is 18.0 Å². The standard InChI is InChI=1S/C15H15F3O3/c1-10(19)20-8-6-11-3-2-7-21-14-9-12(15(16,17)18)4-5-13(11)14/h4-6,9H,2-3,7-8H2,1H3/b11-6+. The SMILES string of the molecule is CC(=O)OC/C=C1\CCCOc2cc(C(F)(F)F)ccc21. The molecule has 0 atom stereocenters. The molecule has 0 fully saturated rings. The van der Waals surface area contributed by atoms with Gasteiger partial charge in [0.1, 0.15) is 12.4 Å². The number of hydrogen-bond donors (Lipinski definition) is 0. The third-order valence-corrected chi connectivity index (χ3v) is 3.12. The summed E-state index contributed by atoms with van der Waals surface area (Å²) in [5, 5.41) is 0. The third-order valence-electron chi connectivity index (χ3n) is 3.12. The number of allylic oxidation sites excluding steroid dienone is 1. The molecule has 0 unspecified atom stereocenters. The maximum atomic E-state index is 12.7. The van der Waals surface area contributed by atoms with Gasteiger partial charge in [-0.15, -0.1) is 0 Å². The van der Waals surface area contributed by atoms with Crippen molar-refractivity contribution in [3.63, 3.8) is 0 Å². The molecule has 3 nitrogen and oxygen atoms in total. The van der Waals surface area contributed by atoms with Gasteiger partial charge in [0, 0.05) is 12.5 Å². The van der Waals surface area contributed by atoms with Crippen LogP contribution in [-0.4, -0.2) is 19.2 Å². The molecular formula is C15H15F3O3. The summed E-state index contributed by atoms with van der Waals surface area (Å²) in [5.41, 5.74) is 0.715. The zero-order valence-electron chi connectivity index (χ0n) is 11.5. The molecule has 114 valence electrons. The highest BCUT2D eigenvalue weighted by Crippen LogP contribution is 2.37. The molecule has 0 saturated heterocycles. The summed E-state index contributed by atoms with van der Waals surface area (Å²) in [6, 6.07) is 3.45. The topological polar surface area (TPSA) is 35.5 Å². The summed E-state index contributed by atoms with van der Waals surface area (Å²) in [6.45, 7) is 1.77. The summed E-state index contributed by atoms with van der Waals surface area (Å²) in [6.07, 6.45) is -1.32. The number of carbonyl (C=O) groups is 1. The fraction of sp³-hybridized carbons (Fsp3) is 0.400. The summed E-state index contributed by atoms with van der Waals surface area (Å²) in [5.74, 6) is -0.180. The van der Waals surface area contributed by atoms with E-state index >= 15 is 0 Å². The molecule has 2 rings (SSSR count). The zero-order chi connectivity index (χ0) is 15.5. The normalized spacial score (nSPS) is 16.9. The summed E-state index contributed by atoms with van der Waals surface area (Å²) < 4.78 is 48.4. The largest absolute Gasteiger partial charge is 0.493 e. The van der Waals surface area contributed by atoms with Crippen molar-refractivity contribution in [1.82, 2.24) is 0 Å². The first-order valence-corrected chi connectivity index (χ1v) is 6.55. The van der Waals surface area contributed by atoms with E-state index in [4.69, 9.17) is 9.47 Å². The van der Waals surface area contributed by atoms with Crippen molar-refractivity contribution in [2.24, 2.45) is 0 Å². The fourth-order valence-corrected chi connectivity index (χ4v) is 2.13. The van der Waals surface area contributed by atoms with Gasteiger partial charge in [0.05, 0.1) is 12.2 Å². The summed E-state index contributed by atoms with van der Waals surface area (Å²) in [7, 11) is 0. The van der Waals surface area contributed by atoms with Gasteiger partial charge in [-0.3, -0.25) is 4.79 Å². The van der Waals surface area contributed by atoms with Gasteiger partial charge >= 0.3 is 12.1 Å². The Hall–Kier alpha value is -1.98. The Labute approximate surface area is 120 Å². The second kappa shape index (κ2) is 6.20. The number of hydrogen-bond acceptors (Lipinski definition) is 3. The average Bonchev–Trinajstić information content (AvgIpc) is 2.59. The zero-order valence-corrected chi connectivity index (χ0v) is 11.5. The molecule has 0 spiro atoms. The third kappa shape index (κ3) is 4.00. The second-order valence-electron chi connectivity index (χ2n) is 4.69. The molecule has 1 heterocycles. The maximum absolute atomic E-state index is 12.7. The molecule has 1 aliphatic rings. The van der Waals surface area contributed by atoms with Gasteiger partial charge in [-0.1, -0.05) is 6.07 Å². The first kappa shape index (κ1) is 15.4. The van der Waals surface area contributed by atoms with Gasteiger partial charge in [-0.05, 0) is 36.6 Å². The Morgan fingerprint density at radius 3 is 2.86 bits per heavy atom. The molecule has 0 amide bonds. The minimum Gasteiger partial charge on any atom is -0.493 e. The van der Waals surface area contributed by atoms with Crippen LogP contribution in [0.4, 0.5) is 13.2 Å². The first-order chi connectivity index (χ1) is 9.88. The van der Waals surface area contributed by atoms with E-state index in [-0.39, 0.29) is 12.4 Å². The molecule has 0 aliphatic carbocycles. The van der Waals surface area contributed by atoms with Gasteiger partial charge in [0.2, 0.25) is 0 Å². The summed E-state index contributed by atoms with van der Waals surface area (Å²) in [4.78, 5) is 10.8. The molecule has 1 aliphatic heterocycles. The van der Waals surface area contributed by atoms with Crippen molar-refractivity contribution in [3.05, 3.63) is 35.4 Å². The number of alkyl halides is 3. The predicted molar refractivity (Wildman–Crippen MR) is 70.8 cm³/mol. The number of ether oxygens (including phenoxy) is 2. The Morgan fingerprint density at radius 2 is 2.19 bits per heavy atom. The molecule has 6 heteroatoms. The van der Waals surface area contributed by atoms with Gasteiger partial charge in [-0.25, -0.2) is 0 Å². The monoisotopic (exact) mass is 300 g/mol. The quantitative estimate of drug-likeness (QED) is 0.779.